The minimum absolute atomic E-state index is 0.0945. The van der Waals surface area contributed by atoms with Crippen LogP contribution in [-0.4, -0.2) is 45.2 Å². The minimum atomic E-state index is 0.0945. The summed E-state index contributed by atoms with van der Waals surface area (Å²) in [5.41, 5.74) is 1.74. The van der Waals surface area contributed by atoms with Crippen LogP contribution in [0.25, 0.3) is 11.2 Å². The van der Waals surface area contributed by atoms with Crippen LogP contribution in [0, 0.1) is 0 Å². The van der Waals surface area contributed by atoms with Crippen LogP contribution in [0.5, 0.6) is 0 Å². The molecule has 2 aliphatic rings. The number of rotatable bonds is 1. The number of aromatic nitrogens is 4. The van der Waals surface area contributed by atoms with Crippen molar-refractivity contribution in [1.82, 2.24) is 19.9 Å². The molecule has 2 saturated heterocycles. The standard InChI is InChI=1S/C11H13N5O/c1-3-16(5-11(1)2-4-17-11)10-8-9(13-6-12-8)14-7-15-10/h6-7H,1-5H2,(H,12,13,14,15). The smallest absolute Gasteiger partial charge is 0.182 e. The summed E-state index contributed by atoms with van der Waals surface area (Å²) in [7, 11) is 0. The second-order valence-electron chi connectivity index (χ2n) is 4.75. The molecule has 0 amide bonds. The van der Waals surface area contributed by atoms with Gasteiger partial charge in [0.25, 0.3) is 0 Å². The Hall–Kier alpha value is -1.69. The maximum Gasteiger partial charge on any atom is 0.182 e. The molecule has 6 nitrogen and oxygen atoms in total. The Morgan fingerprint density at radius 3 is 3.00 bits per heavy atom. The molecule has 2 aromatic heterocycles. The Labute approximate surface area is 98.0 Å². The summed E-state index contributed by atoms with van der Waals surface area (Å²) >= 11 is 0. The quantitative estimate of drug-likeness (QED) is 0.783. The van der Waals surface area contributed by atoms with Crippen LogP contribution in [0.15, 0.2) is 12.7 Å². The Morgan fingerprint density at radius 1 is 1.29 bits per heavy atom. The van der Waals surface area contributed by atoms with E-state index in [1.807, 2.05) is 0 Å². The molecule has 0 radical (unpaired) electrons. The third kappa shape index (κ3) is 1.27. The summed E-state index contributed by atoms with van der Waals surface area (Å²) < 4.78 is 5.71. The molecule has 0 aliphatic carbocycles. The molecule has 4 rings (SSSR count). The molecule has 4 heterocycles. The predicted molar refractivity (Wildman–Crippen MR) is 61.8 cm³/mol. The van der Waals surface area contributed by atoms with E-state index in [-0.39, 0.29) is 5.60 Å². The van der Waals surface area contributed by atoms with Gasteiger partial charge in [0.15, 0.2) is 11.5 Å². The summed E-state index contributed by atoms with van der Waals surface area (Å²) in [5.74, 6) is 0.944. The maximum absolute atomic E-state index is 5.71. The van der Waals surface area contributed by atoms with Crippen LogP contribution < -0.4 is 4.90 Å². The highest BCUT2D eigenvalue weighted by molar-refractivity contribution is 5.82. The Balaban J connectivity index is 1.72. The topological polar surface area (TPSA) is 66.9 Å². The van der Waals surface area contributed by atoms with E-state index in [2.05, 4.69) is 24.8 Å². The van der Waals surface area contributed by atoms with Gasteiger partial charge >= 0.3 is 0 Å². The van der Waals surface area contributed by atoms with Gasteiger partial charge in [-0.2, -0.15) is 0 Å². The van der Waals surface area contributed by atoms with Crippen molar-refractivity contribution in [2.24, 2.45) is 0 Å². The Morgan fingerprint density at radius 2 is 2.24 bits per heavy atom. The average molecular weight is 231 g/mol. The third-order valence-corrected chi connectivity index (χ3v) is 3.78. The number of H-pyrrole nitrogens is 1. The van der Waals surface area contributed by atoms with Crippen molar-refractivity contribution < 1.29 is 4.74 Å². The van der Waals surface area contributed by atoms with Crippen molar-refractivity contribution in [1.29, 1.82) is 0 Å². The van der Waals surface area contributed by atoms with Crippen LogP contribution >= 0.6 is 0 Å². The van der Waals surface area contributed by atoms with Crippen molar-refractivity contribution in [3.63, 3.8) is 0 Å². The molecule has 88 valence electrons. The Kier molecular flexibility index (Phi) is 1.74. The molecule has 2 aromatic rings. The molecule has 2 fully saturated rings. The Bertz CT molecular complexity index is 562. The number of hydrogen-bond donors (Lipinski definition) is 1. The lowest BCUT2D eigenvalue weighted by molar-refractivity contribution is -0.130. The van der Waals surface area contributed by atoms with Crippen molar-refractivity contribution >= 4 is 17.0 Å². The molecule has 0 aromatic carbocycles. The van der Waals surface area contributed by atoms with Gasteiger partial charge in [0, 0.05) is 19.5 Å². The van der Waals surface area contributed by atoms with Crippen LogP contribution in [0.4, 0.5) is 5.82 Å². The number of ether oxygens (including phenoxy) is 1. The number of anilines is 1. The van der Waals surface area contributed by atoms with Gasteiger partial charge in [-0.1, -0.05) is 0 Å². The van der Waals surface area contributed by atoms with Gasteiger partial charge in [-0.25, -0.2) is 15.0 Å². The number of imidazole rings is 1. The van der Waals surface area contributed by atoms with E-state index in [4.69, 9.17) is 4.74 Å². The predicted octanol–water partition coefficient (Wildman–Crippen LogP) is 0.722. The normalized spacial score (nSPS) is 27.9. The van der Waals surface area contributed by atoms with Gasteiger partial charge < -0.3 is 14.6 Å². The average Bonchev–Trinajstić information content (AvgIpc) is 2.94. The molecule has 2 aliphatic heterocycles. The molecule has 1 spiro atoms. The van der Waals surface area contributed by atoms with E-state index in [0.29, 0.717) is 0 Å². The first kappa shape index (κ1) is 9.35. The lowest BCUT2D eigenvalue weighted by Gasteiger charge is -2.38. The van der Waals surface area contributed by atoms with Crippen LogP contribution in [-0.2, 0) is 4.74 Å². The van der Waals surface area contributed by atoms with Crippen molar-refractivity contribution in [3.05, 3.63) is 12.7 Å². The van der Waals surface area contributed by atoms with Crippen molar-refractivity contribution in [3.8, 4) is 0 Å². The van der Waals surface area contributed by atoms with E-state index in [9.17, 15) is 0 Å². The fourth-order valence-electron chi connectivity index (χ4n) is 2.73. The summed E-state index contributed by atoms with van der Waals surface area (Å²) in [5, 5.41) is 0. The van der Waals surface area contributed by atoms with Crippen LogP contribution in [0.3, 0.4) is 0 Å². The molecular weight excluding hydrogens is 218 g/mol. The van der Waals surface area contributed by atoms with E-state index in [1.165, 1.54) is 6.42 Å². The molecule has 1 unspecified atom stereocenters. The first-order valence-corrected chi connectivity index (χ1v) is 5.89. The van der Waals surface area contributed by atoms with E-state index in [0.717, 1.165) is 43.1 Å². The number of fused-ring (bicyclic) bond motifs is 1. The first-order chi connectivity index (χ1) is 8.36. The molecular formula is C11H13N5O. The monoisotopic (exact) mass is 231 g/mol. The fourth-order valence-corrected chi connectivity index (χ4v) is 2.73. The zero-order chi connectivity index (χ0) is 11.3. The summed E-state index contributed by atoms with van der Waals surface area (Å²) in [6.07, 6.45) is 5.49. The van der Waals surface area contributed by atoms with E-state index < -0.39 is 0 Å². The highest BCUT2D eigenvalue weighted by atomic mass is 16.5. The summed E-state index contributed by atoms with van der Waals surface area (Å²) in [6, 6.07) is 0. The zero-order valence-electron chi connectivity index (χ0n) is 9.39. The van der Waals surface area contributed by atoms with Crippen molar-refractivity contribution in [2.45, 2.75) is 18.4 Å². The van der Waals surface area contributed by atoms with Gasteiger partial charge in [0.1, 0.15) is 11.8 Å². The maximum atomic E-state index is 5.71. The molecule has 1 N–H and O–H groups in total. The second-order valence-corrected chi connectivity index (χ2v) is 4.75. The largest absolute Gasteiger partial charge is 0.373 e. The molecule has 0 saturated carbocycles. The number of aromatic amines is 1. The zero-order valence-corrected chi connectivity index (χ0v) is 9.39. The highest BCUT2D eigenvalue weighted by Crippen LogP contribution is 2.38. The van der Waals surface area contributed by atoms with Gasteiger partial charge in [0.05, 0.1) is 18.5 Å². The van der Waals surface area contributed by atoms with Gasteiger partial charge in [-0.3, -0.25) is 0 Å². The van der Waals surface area contributed by atoms with Gasteiger partial charge in [0.2, 0.25) is 0 Å². The number of nitrogens with zero attached hydrogens (tertiary/aromatic N) is 4. The SMILES string of the molecule is c1nc(N2CCC3(CCO3)C2)c2[nH]cnc2n1. The molecule has 1 atom stereocenters. The lowest BCUT2D eigenvalue weighted by atomic mass is 9.94. The van der Waals surface area contributed by atoms with Crippen molar-refractivity contribution in [2.75, 3.05) is 24.6 Å². The molecule has 17 heavy (non-hydrogen) atoms. The van der Waals surface area contributed by atoms with Crippen LogP contribution in [0.1, 0.15) is 12.8 Å². The number of nitrogens with one attached hydrogen (secondary N) is 1. The van der Waals surface area contributed by atoms with Gasteiger partial charge in [-0.15, -0.1) is 0 Å². The van der Waals surface area contributed by atoms with Gasteiger partial charge in [-0.05, 0) is 6.42 Å². The highest BCUT2D eigenvalue weighted by Gasteiger charge is 2.45. The summed E-state index contributed by atoms with van der Waals surface area (Å²) in [4.78, 5) is 18.0. The first-order valence-electron chi connectivity index (χ1n) is 5.89. The molecule has 0 bridgehead atoms. The third-order valence-electron chi connectivity index (χ3n) is 3.78. The second kappa shape index (κ2) is 3.16. The van der Waals surface area contributed by atoms with Crippen LogP contribution in [0.2, 0.25) is 0 Å². The molecule has 6 heteroatoms. The van der Waals surface area contributed by atoms with E-state index >= 15 is 0 Å². The van der Waals surface area contributed by atoms with E-state index in [1.54, 1.807) is 12.7 Å². The number of hydrogen-bond acceptors (Lipinski definition) is 5. The summed E-state index contributed by atoms with van der Waals surface area (Å²) in [6.45, 7) is 2.82. The fraction of sp³-hybridized carbons (Fsp3) is 0.545. The lowest BCUT2D eigenvalue weighted by Crippen LogP contribution is -2.46. The minimum Gasteiger partial charge on any atom is -0.373 e.